The lowest BCUT2D eigenvalue weighted by molar-refractivity contribution is 1.32. The lowest BCUT2D eigenvalue weighted by Gasteiger charge is -1.87. The monoisotopic (exact) mass is 189 g/mol. The summed E-state index contributed by atoms with van der Waals surface area (Å²) < 4.78 is 0. The second kappa shape index (κ2) is 6.20. The smallest absolute Gasteiger partial charge is 0.0407 e. The Balaban J connectivity index is 0.000001000. The van der Waals surface area contributed by atoms with Crippen LogP contribution in [-0.2, 0) is 0 Å². The first kappa shape index (κ1) is 10.5. The van der Waals surface area contributed by atoms with Gasteiger partial charge in [-0.2, -0.15) is 0 Å². The van der Waals surface area contributed by atoms with Gasteiger partial charge in [-0.1, -0.05) is 18.2 Å². The van der Waals surface area contributed by atoms with Crippen molar-refractivity contribution in [1.29, 1.82) is 0 Å². The summed E-state index contributed by atoms with van der Waals surface area (Å²) in [6.07, 6.45) is 7.37. The van der Waals surface area contributed by atoms with E-state index in [-0.39, 0.29) is 12.4 Å². The van der Waals surface area contributed by atoms with Gasteiger partial charge in [0.1, 0.15) is 0 Å². The molecule has 0 N–H and O–H groups in total. The molecular formula is C8H9Cl2N. The zero-order chi connectivity index (χ0) is 7.23. The van der Waals surface area contributed by atoms with Crippen LogP contribution in [0.2, 0.25) is 0 Å². The highest BCUT2D eigenvalue weighted by atomic mass is 35.5. The van der Waals surface area contributed by atoms with Gasteiger partial charge in [0.25, 0.3) is 0 Å². The first-order valence-electron chi connectivity index (χ1n) is 3.06. The molecular weight excluding hydrogens is 181 g/mol. The highest BCUT2D eigenvalue weighted by Crippen LogP contribution is 1.97. The van der Waals surface area contributed by atoms with Crippen molar-refractivity contribution in [2.75, 3.05) is 5.88 Å². The molecule has 0 amide bonds. The van der Waals surface area contributed by atoms with Crippen LogP contribution in [0.5, 0.6) is 0 Å². The predicted molar refractivity (Wildman–Crippen MR) is 51.2 cm³/mol. The molecule has 0 aliphatic heterocycles. The molecule has 1 rings (SSSR count). The van der Waals surface area contributed by atoms with Crippen LogP contribution in [0.25, 0.3) is 6.08 Å². The first-order valence-corrected chi connectivity index (χ1v) is 3.59. The Bertz CT molecular complexity index is 209. The van der Waals surface area contributed by atoms with E-state index in [0.29, 0.717) is 5.88 Å². The Morgan fingerprint density at radius 1 is 1.55 bits per heavy atom. The molecule has 11 heavy (non-hydrogen) atoms. The molecule has 60 valence electrons. The number of hydrogen-bond acceptors (Lipinski definition) is 1. The van der Waals surface area contributed by atoms with Gasteiger partial charge < -0.3 is 0 Å². The van der Waals surface area contributed by atoms with E-state index < -0.39 is 0 Å². The van der Waals surface area contributed by atoms with Crippen molar-refractivity contribution in [3.63, 3.8) is 0 Å². The van der Waals surface area contributed by atoms with Gasteiger partial charge in [-0.3, -0.25) is 4.98 Å². The predicted octanol–water partition coefficient (Wildman–Crippen LogP) is 2.76. The summed E-state index contributed by atoms with van der Waals surface area (Å²) in [5.74, 6) is 0.550. The van der Waals surface area contributed by atoms with E-state index in [4.69, 9.17) is 11.6 Å². The Morgan fingerprint density at radius 3 is 2.91 bits per heavy atom. The zero-order valence-corrected chi connectivity index (χ0v) is 7.48. The number of halogens is 2. The minimum Gasteiger partial charge on any atom is -0.264 e. The third-order valence-electron chi connectivity index (χ3n) is 1.08. The number of aromatic nitrogens is 1. The average Bonchev–Trinajstić information content (AvgIpc) is 2.03. The van der Waals surface area contributed by atoms with Crippen LogP contribution in [0.1, 0.15) is 5.56 Å². The maximum atomic E-state index is 5.44. The van der Waals surface area contributed by atoms with Crippen molar-refractivity contribution in [2.24, 2.45) is 0 Å². The molecule has 0 saturated heterocycles. The largest absolute Gasteiger partial charge is 0.264 e. The van der Waals surface area contributed by atoms with E-state index in [0.717, 1.165) is 5.56 Å². The molecule has 0 fully saturated rings. The summed E-state index contributed by atoms with van der Waals surface area (Å²) >= 11 is 5.44. The van der Waals surface area contributed by atoms with E-state index in [9.17, 15) is 0 Å². The summed E-state index contributed by atoms with van der Waals surface area (Å²) in [7, 11) is 0. The van der Waals surface area contributed by atoms with Crippen LogP contribution in [0.15, 0.2) is 30.6 Å². The zero-order valence-electron chi connectivity index (χ0n) is 5.90. The van der Waals surface area contributed by atoms with Gasteiger partial charge in [0.2, 0.25) is 0 Å². The van der Waals surface area contributed by atoms with Crippen LogP contribution in [0.3, 0.4) is 0 Å². The van der Waals surface area contributed by atoms with E-state index >= 15 is 0 Å². The minimum atomic E-state index is 0. The van der Waals surface area contributed by atoms with Crippen molar-refractivity contribution in [2.45, 2.75) is 0 Å². The SMILES string of the molecule is Cl.ClC/C=C/c1cccnc1. The Labute approximate surface area is 77.5 Å². The lowest BCUT2D eigenvalue weighted by Crippen LogP contribution is -1.72. The fraction of sp³-hybridized carbons (Fsp3) is 0.125. The third-order valence-corrected chi connectivity index (χ3v) is 1.26. The Kier molecular flexibility index (Phi) is 5.90. The van der Waals surface area contributed by atoms with Gasteiger partial charge in [0.05, 0.1) is 0 Å². The van der Waals surface area contributed by atoms with Crippen molar-refractivity contribution in [3.8, 4) is 0 Å². The summed E-state index contributed by atoms with van der Waals surface area (Å²) in [6.45, 7) is 0. The molecule has 1 heterocycles. The van der Waals surface area contributed by atoms with Gasteiger partial charge in [-0.15, -0.1) is 24.0 Å². The van der Waals surface area contributed by atoms with Crippen molar-refractivity contribution >= 4 is 30.1 Å². The number of hydrogen-bond donors (Lipinski definition) is 0. The van der Waals surface area contributed by atoms with E-state index in [1.807, 2.05) is 24.3 Å². The molecule has 3 heteroatoms. The number of alkyl halides is 1. The minimum absolute atomic E-state index is 0. The molecule has 0 bridgehead atoms. The highest BCUT2D eigenvalue weighted by Gasteiger charge is 1.80. The number of rotatable bonds is 2. The van der Waals surface area contributed by atoms with Gasteiger partial charge >= 0.3 is 0 Å². The van der Waals surface area contributed by atoms with Crippen LogP contribution in [0.4, 0.5) is 0 Å². The van der Waals surface area contributed by atoms with E-state index in [1.165, 1.54) is 0 Å². The molecule has 0 radical (unpaired) electrons. The molecule has 0 atom stereocenters. The number of allylic oxidation sites excluding steroid dienone is 1. The van der Waals surface area contributed by atoms with Gasteiger partial charge in [-0.25, -0.2) is 0 Å². The topological polar surface area (TPSA) is 12.9 Å². The summed E-state index contributed by atoms with van der Waals surface area (Å²) in [5.41, 5.74) is 1.09. The fourth-order valence-electron chi connectivity index (χ4n) is 0.655. The molecule has 1 aromatic heterocycles. The molecule has 1 nitrogen and oxygen atoms in total. The van der Waals surface area contributed by atoms with Gasteiger partial charge in [-0.05, 0) is 11.6 Å². The molecule has 0 saturated carbocycles. The Hall–Kier alpha value is -0.530. The molecule has 0 unspecified atom stereocenters. The lowest BCUT2D eigenvalue weighted by atomic mass is 10.3. The Morgan fingerprint density at radius 2 is 2.36 bits per heavy atom. The maximum Gasteiger partial charge on any atom is 0.0407 e. The number of nitrogens with zero attached hydrogens (tertiary/aromatic N) is 1. The van der Waals surface area contributed by atoms with Crippen LogP contribution in [0, 0.1) is 0 Å². The molecule has 1 aromatic rings. The standard InChI is InChI=1S/C8H8ClN.ClH/c9-5-1-3-8-4-2-6-10-7-8;/h1-4,6-7H,5H2;1H/b3-1+;. The molecule has 0 spiro atoms. The molecule has 0 aliphatic carbocycles. The van der Waals surface area contributed by atoms with Crippen molar-refractivity contribution in [3.05, 3.63) is 36.2 Å². The average molecular weight is 190 g/mol. The summed E-state index contributed by atoms with van der Waals surface area (Å²) in [4.78, 5) is 3.94. The highest BCUT2D eigenvalue weighted by molar-refractivity contribution is 6.19. The maximum absolute atomic E-state index is 5.44. The van der Waals surface area contributed by atoms with Crippen LogP contribution in [-0.4, -0.2) is 10.9 Å². The first-order chi connectivity index (χ1) is 4.93. The van der Waals surface area contributed by atoms with Crippen molar-refractivity contribution < 1.29 is 0 Å². The summed E-state index contributed by atoms with van der Waals surface area (Å²) in [6, 6.07) is 3.88. The normalized spacial score (nSPS) is 9.55. The van der Waals surface area contributed by atoms with Gasteiger partial charge in [0.15, 0.2) is 0 Å². The summed E-state index contributed by atoms with van der Waals surface area (Å²) in [5, 5.41) is 0. The van der Waals surface area contributed by atoms with E-state index in [1.54, 1.807) is 12.4 Å². The molecule has 0 aromatic carbocycles. The van der Waals surface area contributed by atoms with E-state index in [2.05, 4.69) is 4.98 Å². The number of pyridine rings is 1. The van der Waals surface area contributed by atoms with Crippen molar-refractivity contribution in [1.82, 2.24) is 4.98 Å². The second-order valence-corrected chi connectivity index (χ2v) is 2.15. The fourth-order valence-corrected chi connectivity index (χ4v) is 0.744. The molecule has 0 aliphatic rings. The van der Waals surface area contributed by atoms with Crippen LogP contribution >= 0.6 is 24.0 Å². The quantitative estimate of drug-likeness (QED) is 0.653. The van der Waals surface area contributed by atoms with Gasteiger partial charge in [0, 0.05) is 18.3 Å². The second-order valence-electron chi connectivity index (χ2n) is 1.84. The van der Waals surface area contributed by atoms with Crippen LogP contribution < -0.4 is 0 Å². The third kappa shape index (κ3) is 4.02.